The van der Waals surface area contributed by atoms with Gasteiger partial charge < -0.3 is 5.32 Å². The highest BCUT2D eigenvalue weighted by Crippen LogP contribution is 2.17. The molecule has 2 aliphatic rings. The number of carbonyl (C=O) groups excluding carboxylic acids is 2. The minimum absolute atomic E-state index is 0.0160. The lowest BCUT2D eigenvalue weighted by atomic mass is 10.1. The van der Waals surface area contributed by atoms with Crippen LogP contribution in [0.4, 0.5) is 0 Å². The van der Waals surface area contributed by atoms with Crippen LogP contribution in [0.5, 0.6) is 0 Å². The number of hydrazone groups is 1. The predicted molar refractivity (Wildman–Crippen MR) is 64.6 cm³/mol. The zero-order chi connectivity index (χ0) is 13.2. The lowest BCUT2D eigenvalue weighted by molar-refractivity contribution is -0.121. The summed E-state index contributed by atoms with van der Waals surface area (Å²) < 4.78 is 22.5. The van der Waals surface area contributed by atoms with Gasteiger partial charge in [0.2, 0.25) is 5.91 Å². The largest absolute Gasteiger partial charge is 0.351 e. The van der Waals surface area contributed by atoms with Crippen LogP contribution < -0.4 is 10.7 Å². The summed E-state index contributed by atoms with van der Waals surface area (Å²) in [6.45, 7) is 0.338. The number of nitrogens with one attached hydrogen (secondary N) is 2. The van der Waals surface area contributed by atoms with E-state index in [0.717, 1.165) is 0 Å². The van der Waals surface area contributed by atoms with E-state index in [9.17, 15) is 18.0 Å². The Morgan fingerprint density at radius 1 is 1.44 bits per heavy atom. The first-order chi connectivity index (χ1) is 8.46. The molecule has 0 aliphatic carbocycles. The Kier molecular flexibility index (Phi) is 3.65. The van der Waals surface area contributed by atoms with Gasteiger partial charge in [-0.25, -0.2) is 13.8 Å². The van der Waals surface area contributed by atoms with Gasteiger partial charge in [-0.05, 0) is 12.3 Å². The molecule has 2 amide bonds. The van der Waals surface area contributed by atoms with Gasteiger partial charge in [-0.15, -0.1) is 0 Å². The number of nitrogens with zero attached hydrogens (tertiary/aromatic N) is 1. The smallest absolute Gasteiger partial charge is 0.267 e. The summed E-state index contributed by atoms with van der Waals surface area (Å²) in [5, 5.41) is 6.33. The van der Waals surface area contributed by atoms with E-state index in [4.69, 9.17) is 0 Å². The lowest BCUT2D eigenvalue weighted by Gasteiger charge is -2.13. The maximum atomic E-state index is 11.7. The molecule has 18 heavy (non-hydrogen) atoms. The lowest BCUT2D eigenvalue weighted by Crippen LogP contribution is -2.39. The highest BCUT2D eigenvalue weighted by molar-refractivity contribution is 7.91. The summed E-state index contributed by atoms with van der Waals surface area (Å²) in [4.78, 5) is 22.5. The molecule has 7 nitrogen and oxygen atoms in total. The fraction of sp³-hybridized carbons (Fsp3) is 0.700. The van der Waals surface area contributed by atoms with Gasteiger partial charge in [-0.2, -0.15) is 5.10 Å². The van der Waals surface area contributed by atoms with Crippen LogP contribution in [0.25, 0.3) is 0 Å². The molecule has 2 heterocycles. The maximum absolute atomic E-state index is 11.7. The first-order valence-electron chi connectivity index (χ1n) is 5.80. The SMILES string of the molecule is O=C1CCC(C(=O)NCC2CCS(=O)(=O)C2)=NN1. The Morgan fingerprint density at radius 2 is 2.22 bits per heavy atom. The third kappa shape index (κ3) is 3.28. The molecule has 2 aliphatic heterocycles. The van der Waals surface area contributed by atoms with Crippen molar-refractivity contribution in [1.82, 2.24) is 10.7 Å². The Morgan fingerprint density at radius 3 is 2.78 bits per heavy atom. The minimum Gasteiger partial charge on any atom is -0.351 e. The van der Waals surface area contributed by atoms with E-state index in [-0.39, 0.29) is 41.4 Å². The minimum atomic E-state index is -2.91. The molecular weight excluding hydrogens is 258 g/mol. The van der Waals surface area contributed by atoms with Crippen LogP contribution in [-0.2, 0) is 19.4 Å². The monoisotopic (exact) mass is 273 g/mol. The molecule has 1 atom stereocenters. The maximum Gasteiger partial charge on any atom is 0.267 e. The molecule has 8 heteroatoms. The zero-order valence-corrected chi connectivity index (χ0v) is 10.6. The summed E-state index contributed by atoms with van der Waals surface area (Å²) in [5.41, 5.74) is 2.53. The van der Waals surface area contributed by atoms with Gasteiger partial charge in [0.05, 0.1) is 11.5 Å². The Labute approximate surface area is 105 Å². The molecule has 100 valence electrons. The van der Waals surface area contributed by atoms with E-state index in [1.807, 2.05) is 0 Å². The number of hydrogen-bond donors (Lipinski definition) is 2. The predicted octanol–water partition coefficient (Wildman–Crippen LogP) is -1.20. The van der Waals surface area contributed by atoms with Crippen LogP contribution >= 0.6 is 0 Å². The van der Waals surface area contributed by atoms with Gasteiger partial charge in [0.25, 0.3) is 5.91 Å². The molecule has 0 radical (unpaired) electrons. The zero-order valence-electron chi connectivity index (χ0n) is 9.81. The van der Waals surface area contributed by atoms with Crippen LogP contribution in [0.3, 0.4) is 0 Å². The average molecular weight is 273 g/mol. The van der Waals surface area contributed by atoms with Gasteiger partial charge in [-0.1, -0.05) is 0 Å². The van der Waals surface area contributed by atoms with Crippen LogP contribution in [-0.4, -0.2) is 44.0 Å². The molecule has 2 N–H and O–H groups in total. The third-order valence-corrected chi connectivity index (χ3v) is 4.88. The van der Waals surface area contributed by atoms with E-state index in [0.29, 0.717) is 19.4 Å². The number of amides is 2. The first-order valence-corrected chi connectivity index (χ1v) is 7.62. The van der Waals surface area contributed by atoms with Gasteiger partial charge in [0, 0.05) is 19.4 Å². The van der Waals surface area contributed by atoms with Crippen molar-refractivity contribution in [2.24, 2.45) is 11.0 Å². The quantitative estimate of drug-likeness (QED) is 0.674. The van der Waals surface area contributed by atoms with Crippen molar-refractivity contribution in [3.05, 3.63) is 0 Å². The Balaban J connectivity index is 1.81. The molecule has 1 unspecified atom stereocenters. The molecule has 0 bridgehead atoms. The normalized spacial score (nSPS) is 26.3. The number of sulfone groups is 1. The van der Waals surface area contributed by atoms with E-state index in [1.54, 1.807) is 0 Å². The molecule has 0 aromatic heterocycles. The third-order valence-electron chi connectivity index (χ3n) is 3.04. The summed E-state index contributed by atoms with van der Waals surface area (Å²) >= 11 is 0. The van der Waals surface area contributed by atoms with Crippen molar-refractivity contribution in [3.8, 4) is 0 Å². The number of rotatable bonds is 3. The standard InChI is InChI=1S/C10H15N3O4S/c14-9-2-1-8(12-13-9)10(15)11-5-7-3-4-18(16,17)6-7/h7H,1-6H2,(H,11,15)(H,13,14). The molecule has 0 spiro atoms. The van der Waals surface area contributed by atoms with Crippen LogP contribution in [0.2, 0.25) is 0 Å². The van der Waals surface area contributed by atoms with Crippen LogP contribution in [0, 0.1) is 5.92 Å². The molecule has 2 rings (SSSR count). The summed E-state index contributed by atoms with van der Waals surface area (Å²) in [7, 11) is -2.91. The van der Waals surface area contributed by atoms with Crippen molar-refractivity contribution < 1.29 is 18.0 Å². The van der Waals surface area contributed by atoms with Gasteiger partial charge >= 0.3 is 0 Å². The molecule has 0 aromatic rings. The van der Waals surface area contributed by atoms with Gasteiger partial charge in [0.1, 0.15) is 5.71 Å². The fourth-order valence-corrected chi connectivity index (χ4v) is 3.87. The topological polar surface area (TPSA) is 105 Å². The second-order valence-corrected chi connectivity index (χ2v) is 6.80. The van der Waals surface area contributed by atoms with Crippen molar-refractivity contribution in [3.63, 3.8) is 0 Å². The number of carbonyl (C=O) groups is 2. The molecule has 0 aromatic carbocycles. The van der Waals surface area contributed by atoms with Crippen LogP contribution in [0.15, 0.2) is 5.10 Å². The Hall–Kier alpha value is -1.44. The summed E-state index contributed by atoms with van der Waals surface area (Å²) in [6, 6.07) is 0. The second-order valence-electron chi connectivity index (χ2n) is 4.57. The van der Waals surface area contributed by atoms with Crippen molar-refractivity contribution in [2.45, 2.75) is 19.3 Å². The highest BCUT2D eigenvalue weighted by Gasteiger charge is 2.28. The first kappa shape index (κ1) is 13.0. The Bertz CT molecular complexity index is 497. The van der Waals surface area contributed by atoms with Crippen molar-refractivity contribution >= 4 is 27.4 Å². The average Bonchev–Trinajstić information content (AvgIpc) is 2.67. The second kappa shape index (κ2) is 5.05. The van der Waals surface area contributed by atoms with E-state index >= 15 is 0 Å². The van der Waals surface area contributed by atoms with Crippen LogP contribution in [0.1, 0.15) is 19.3 Å². The van der Waals surface area contributed by atoms with Crippen molar-refractivity contribution in [2.75, 3.05) is 18.1 Å². The van der Waals surface area contributed by atoms with E-state index in [2.05, 4.69) is 15.8 Å². The fourth-order valence-electron chi connectivity index (χ4n) is 2.01. The summed E-state index contributed by atoms with van der Waals surface area (Å²) in [6.07, 6.45) is 1.16. The molecular formula is C10H15N3O4S. The van der Waals surface area contributed by atoms with Gasteiger partial charge in [-0.3, -0.25) is 9.59 Å². The van der Waals surface area contributed by atoms with Crippen molar-refractivity contribution in [1.29, 1.82) is 0 Å². The van der Waals surface area contributed by atoms with Gasteiger partial charge in [0.15, 0.2) is 9.84 Å². The number of hydrogen-bond acceptors (Lipinski definition) is 5. The molecule has 0 saturated carbocycles. The highest BCUT2D eigenvalue weighted by atomic mass is 32.2. The van der Waals surface area contributed by atoms with E-state index in [1.165, 1.54) is 0 Å². The molecule has 1 saturated heterocycles. The molecule has 1 fully saturated rings. The summed E-state index contributed by atoms with van der Waals surface area (Å²) in [5.74, 6) is -0.216. The van der Waals surface area contributed by atoms with E-state index < -0.39 is 9.84 Å².